The minimum absolute atomic E-state index is 0.00437. The lowest BCUT2D eigenvalue weighted by Gasteiger charge is -2.23. The Morgan fingerprint density at radius 2 is 2.06 bits per heavy atom. The molecule has 0 aliphatic heterocycles. The first-order valence-electron chi connectivity index (χ1n) is 5.03. The van der Waals surface area contributed by atoms with E-state index in [9.17, 15) is 18.0 Å². The van der Waals surface area contributed by atoms with E-state index in [1.54, 1.807) is 0 Å². The third-order valence-corrected chi connectivity index (χ3v) is 1.70. The van der Waals surface area contributed by atoms with Crippen LogP contribution in [0.4, 0.5) is 13.2 Å². The van der Waals surface area contributed by atoms with Crippen LogP contribution in [0.25, 0.3) is 0 Å². The van der Waals surface area contributed by atoms with Crippen molar-refractivity contribution in [1.82, 2.24) is 4.90 Å². The van der Waals surface area contributed by atoms with Gasteiger partial charge >= 0.3 is 6.18 Å². The van der Waals surface area contributed by atoms with Crippen molar-refractivity contribution in [3.63, 3.8) is 0 Å². The summed E-state index contributed by atoms with van der Waals surface area (Å²) in [5.74, 6) is -0.684. The van der Waals surface area contributed by atoms with Crippen molar-refractivity contribution in [3.05, 3.63) is 0 Å². The number of carbonyl (C=O) groups is 1. The molecule has 0 rings (SSSR count). The van der Waals surface area contributed by atoms with Gasteiger partial charge < -0.3 is 15.4 Å². The molecule has 1 amide bonds. The van der Waals surface area contributed by atoms with Crippen LogP contribution in [0.3, 0.4) is 0 Å². The molecular weight excluding hydrogens is 225 g/mol. The maximum absolute atomic E-state index is 12.1. The quantitative estimate of drug-likeness (QED) is 0.671. The third kappa shape index (κ3) is 7.47. The van der Waals surface area contributed by atoms with Gasteiger partial charge in [-0.05, 0) is 6.42 Å². The first kappa shape index (κ1) is 15.2. The van der Waals surface area contributed by atoms with E-state index < -0.39 is 18.6 Å². The van der Waals surface area contributed by atoms with Crippen molar-refractivity contribution >= 4 is 5.91 Å². The molecule has 0 aromatic heterocycles. The predicted molar refractivity (Wildman–Crippen MR) is 52.8 cm³/mol. The van der Waals surface area contributed by atoms with E-state index in [0.717, 1.165) is 0 Å². The van der Waals surface area contributed by atoms with Gasteiger partial charge in [-0.15, -0.1) is 0 Å². The molecule has 4 nitrogen and oxygen atoms in total. The lowest BCUT2D eigenvalue weighted by molar-refractivity contribution is -0.163. The summed E-state index contributed by atoms with van der Waals surface area (Å²) in [4.78, 5) is 12.0. The van der Waals surface area contributed by atoms with Gasteiger partial charge in [-0.25, -0.2) is 0 Å². The molecule has 0 radical (unpaired) electrons. The van der Waals surface area contributed by atoms with Gasteiger partial charge in [0.15, 0.2) is 0 Å². The van der Waals surface area contributed by atoms with Crippen LogP contribution in [-0.2, 0) is 9.53 Å². The third-order valence-electron chi connectivity index (χ3n) is 1.70. The fraction of sp³-hybridized carbons (Fsp3) is 0.889. The van der Waals surface area contributed by atoms with E-state index in [4.69, 9.17) is 10.5 Å². The van der Waals surface area contributed by atoms with Gasteiger partial charge in [-0.1, -0.05) is 6.92 Å². The molecule has 0 aromatic rings. The average molecular weight is 242 g/mol. The van der Waals surface area contributed by atoms with Gasteiger partial charge in [0.25, 0.3) is 0 Å². The van der Waals surface area contributed by atoms with Gasteiger partial charge in [0, 0.05) is 19.7 Å². The largest absolute Gasteiger partial charge is 0.406 e. The summed E-state index contributed by atoms with van der Waals surface area (Å²) in [5, 5.41) is 0. The van der Waals surface area contributed by atoms with Crippen molar-refractivity contribution in [2.24, 2.45) is 5.73 Å². The SMILES string of the molecule is CCCOCC(=O)N(CCN)CC(F)(F)F. The molecule has 0 spiro atoms. The Morgan fingerprint density at radius 3 is 2.50 bits per heavy atom. The van der Waals surface area contributed by atoms with E-state index >= 15 is 0 Å². The normalized spacial score (nSPS) is 11.6. The first-order valence-corrected chi connectivity index (χ1v) is 5.03. The number of rotatable bonds is 7. The molecule has 96 valence electrons. The summed E-state index contributed by atoms with van der Waals surface area (Å²) in [6, 6.07) is 0. The zero-order valence-electron chi connectivity index (χ0n) is 9.22. The van der Waals surface area contributed by atoms with Crippen LogP contribution in [0, 0.1) is 0 Å². The molecule has 0 atom stereocenters. The molecule has 0 saturated heterocycles. The Kier molecular flexibility index (Phi) is 7.07. The number of nitrogens with two attached hydrogens (primary N) is 1. The van der Waals surface area contributed by atoms with E-state index in [0.29, 0.717) is 17.9 Å². The number of nitrogens with zero attached hydrogens (tertiary/aromatic N) is 1. The second-order valence-corrected chi connectivity index (χ2v) is 3.27. The molecule has 7 heteroatoms. The molecule has 2 N–H and O–H groups in total. The minimum Gasteiger partial charge on any atom is -0.372 e. The molecule has 0 fully saturated rings. The molecule has 0 bridgehead atoms. The predicted octanol–water partition coefficient (Wildman–Crippen LogP) is 0.763. The smallest absolute Gasteiger partial charge is 0.372 e. The Morgan fingerprint density at radius 1 is 1.44 bits per heavy atom. The Balaban J connectivity index is 4.13. The van der Waals surface area contributed by atoms with Gasteiger partial charge in [0.2, 0.25) is 5.91 Å². The zero-order valence-corrected chi connectivity index (χ0v) is 9.22. The van der Waals surface area contributed by atoms with Gasteiger partial charge in [0.05, 0.1) is 0 Å². The summed E-state index contributed by atoms with van der Waals surface area (Å²) < 4.78 is 41.2. The highest BCUT2D eigenvalue weighted by Gasteiger charge is 2.32. The molecule has 0 saturated carbocycles. The van der Waals surface area contributed by atoms with Crippen LogP contribution >= 0.6 is 0 Å². The van der Waals surface area contributed by atoms with Crippen LogP contribution in [0.2, 0.25) is 0 Å². The topological polar surface area (TPSA) is 55.6 Å². The highest BCUT2D eigenvalue weighted by Crippen LogP contribution is 2.16. The monoisotopic (exact) mass is 242 g/mol. The summed E-state index contributed by atoms with van der Waals surface area (Å²) in [6.45, 7) is 0.470. The highest BCUT2D eigenvalue weighted by atomic mass is 19.4. The van der Waals surface area contributed by atoms with Crippen LogP contribution in [-0.4, -0.2) is 49.8 Å². The number of alkyl halides is 3. The fourth-order valence-corrected chi connectivity index (χ4v) is 1.06. The summed E-state index contributed by atoms with van der Waals surface area (Å²) in [5.41, 5.74) is 5.14. The van der Waals surface area contributed by atoms with E-state index in [1.807, 2.05) is 6.92 Å². The Bertz CT molecular complexity index is 209. The van der Waals surface area contributed by atoms with Crippen LogP contribution in [0.15, 0.2) is 0 Å². The first-order chi connectivity index (χ1) is 7.40. The maximum Gasteiger partial charge on any atom is 0.406 e. The molecule has 0 aliphatic rings. The number of ether oxygens (including phenoxy) is 1. The lowest BCUT2D eigenvalue weighted by Crippen LogP contribution is -2.43. The van der Waals surface area contributed by atoms with Gasteiger partial charge in [-0.3, -0.25) is 4.79 Å². The van der Waals surface area contributed by atoms with Gasteiger partial charge in [0.1, 0.15) is 13.2 Å². The highest BCUT2D eigenvalue weighted by molar-refractivity contribution is 5.77. The average Bonchev–Trinajstić information content (AvgIpc) is 2.15. The van der Waals surface area contributed by atoms with E-state index in [-0.39, 0.29) is 19.7 Å². The lowest BCUT2D eigenvalue weighted by atomic mass is 10.4. The van der Waals surface area contributed by atoms with E-state index in [1.165, 1.54) is 0 Å². The second-order valence-electron chi connectivity index (χ2n) is 3.27. The van der Waals surface area contributed by atoms with Crippen molar-refractivity contribution in [2.75, 3.05) is 32.8 Å². The number of hydrogen-bond acceptors (Lipinski definition) is 3. The second kappa shape index (κ2) is 7.45. The zero-order chi connectivity index (χ0) is 12.6. The van der Waals surface area contributed by atoms with Crippen molar-refractivity contribution in [1.29, 1.82) is 0 Å². The Hall–Kier alpha value is -0.820. The maximum atomic E-state index is 12.1. The van der Waals surface area contributed by atoms with E-state index in [2.05, 4.69) is 0 Å². The number of carbonyl (C=O) groups excluding carboxylic acids is 1. The molecular formula is C9H17F3N2O2. The van der Waals surface area contributed by atoms with Crippen LogP contribution < -0.4 is 5.73 Å². The summed E-state index contributed by atoms with van der Waals surface area (Å²) in [7, 11) is 0. The molecule has 16 heavy (non-hydrogen) atoms. The van der Waals surface area contributed by atoms with Gasteiger partial charge in [-0.2, -0.15) is 13.2 Å². The minimum atomic E-state index is -4.41. The summed E-state index contributed by atoms with van der Waals surface area (Å²) >= 11 is 0. The van der Waals surface area contributed by atoms with Crippen LogP contribution in [0.5, 0.6) is 0 Å². The fourth-order valence-electron chi connectivity index (χ4n) is 1.06. The van der Waals surface area contributed by atoms with Crippen molar-refractivity contribution < 1.29 is 22.7 Å². The summed E-state index contributed by atoms with van der Waals surface area (Å²) in [6.07, 6.45) is -3.70. The number of halogens is 3. The molecule has 0 aliphatic carbocycles. The van der Waals surface area contributed by atoms with Crippen LogP contribution in [0.1, 0.15) is 13.3 Å². The number of amides is 1. The molecule has 0 aromatic carbocycles. The Labute approximate surface area is 92.5 Å². The van der Waals surface area contributed by atoms with Crippen molar-refractivity contribution in [3.8, 4) is 0 Å². The molecule has 0 unspecified atom stereocenters. The molecule has 0 heterocycles. The van der Waals surface area contributed by atoms with Crippen molar-refractivity contribution in [2.45, 2.75) is 19.5 Å². The standard InChI is InChI=1S/C9H17F3N2O2/c1-2-5-16-6-8(15)14(4-3-13)7-9(10,11)12/h2-7,13H2,1H3. The number of hydrogen-bond donors (Lipinski definition) is 1.